The summed E-state index contributed by atoms with van der Waals surface area (Å²) in [5.41, 5.74) is 7.53. The Morgan fingerprint density at radius 2 is 2.06 bits per heavy atom. The smallest absolute Gasteiger partial charge is 0.242 e. The molecular formula is C14H19N3O. The van der Waals surface area contributed by atoms with Crippen LogP contribution in [0.5, 0.6) is 0 Å². The van der Waals surface area contributed by atoms with Crippen LogP contribution in [0.3, 0.4) is 0 Å². The molecule has 96 valence electrons. The maximum absolute atomic E-state index is 11.6. The highest BCUT2D eigenvalue weighted by molar-refractivity contribution is 5.94. The molecule has 0 aliphatic carbocycles. The number of carbonyl (C=O) groups is 1. The summed E-state index contributed by atoms with van der Waals surface area (Å²) in [7, 11) is 4.02. The fraction of sp³-hybridized carbons (Fsp3) is 0.357. The van der Waals surface area contributed by atoms with Gasteiger partial charge in [0.15, 0.2) is 0 Å². The summed E-state index contributed by atoms with van der Waals surface area (Å²) < 4.78 is 0. The van der Waals surface area contributed by atoms with Crippen molar-refractivity contribution in [1.82, 2.24) is 4.90 Å². The Kier molecular flexibility index (Phi) is 5.37. The fourth-order valence-electron chi connectivity index (χ4n) is 1.51. The molecule has 0 saturated carbocycles. The van der Waals surface area contributed by atoms with E-state index in [9.17, 15) is 4.79 Å². The van der Waals surface area contributed by atoms with Crippen molar-refractivity contribution >= 4 is 11.6 Å². The summed E-state index contributed by atoms with van der Waals surface area (Å²) in [5, 5.41) is 2.73. The molecule has 1 aromatic carbocycles. The van der Waals surface area contributed by atoms with Gasteiger partial charge in [-0.2, -0.15) is 0 Å². The van der Waals surface area contributed by atoms with Gasteiger partial charge >= 0.3 is 0 Å². The highest BCUT2D eigenvalue weighted by atomic mass is 16.2. The Balaban J connectivity index is 2.58. The topological polar surface area (TPSA) is 58.4 Å². The van der Waals surface area contributed by atoms with E-state index in [2.05, 4.69) is 16.1 Å². The first-order valence-corrected chi connectivity index (χ1v) is 5.76. The van der Waals surface area contributed by atoms with Crippen LogP contribution in [0.4, 0.5) is 5.69 Å². The van der Waals surface area contributed by atoms with Gasteiger partial charge in [-0.15, -0.1) is 12.3 Å². The van der Waals surface area contributed by atoms with E-state index in [1.165, 1.54) is 5.56 Å². The average molecular weight is 245 g/mol. The van der Waals surface area contributed by atoms with Gasteiger partial charge in [-0.3, -0.25) is 4.79 Å². The van der Waals surface area contributed by atoms with Crippen LogP contribution >= 0.6 is 0 Å². The van der Waals surface area contributed by atoms with Gasteiger partial charge in [-0.1, -0.05) is 12.1 Å². The van der Waals surface area contributed by atoms with Crippen molar-refractivity contribution in [2.24, 2.45) is 5.73 Å². The molecule has 1 rings (SSSR count). The van der Waals surface area contributed by atoms with Crippen LogP contribution in [0, 0.1) is 12.3 Å². The van der Waals surface area contributed by atoms with Gasteiger partial charge in [0.25, 0.3) is 0 Å². The zero-order valence-electron chi connectivity index (χ0n) is 10.8. The standard InChI is InChI=1S/C14H19N3O/c1-4-5-13(15)14(18)16-12-8-6-11(7-9-12)10-17(2)3/h1,6-9,13H,5,10,15H2,2-3H3,(H,16,18). The lowest BCUT2D eigenvalue weighted by molar-refractivity contribution is -0.117. The first kappa shape index (κ1) is 14.2. The molecule has 0 heterocycles. The lowest BCUT2D eigenvalue weighted by Gasteiger charge is -2.12. The van der Waals surface area contributed by atoms with Gasteiger partial charge in [-0.25, -0.2) is 0 Å². The first-order valence-electron chi connectivity index (χ1n) is 5.76. The third-order valence-corrected chi connectivity index (χ3v) is 2.39. The van der Waals surface area contributed by atoms with Gasteiger partial charge in [0.1, 0.15) is 0 Å². The van der Waals surface area contributed by atoms with E-state index in [0.717, 1.165) is 12.2 Å². The molecule has 0 radical (unpaired) electrons. The van der Waals surface area contributed by atoms with Crippen LogP contribution in [0.15, 0.2) is 24.3 Å². The number of terminal acetylenes is 1. The molecule has 0 aliphatic rings. The lowest BCUT2D eigenvalue weighted by atomic mass is 10.1. The second kappa shape index (κ2) is 6.80. The van der Waals surface area contributed by atoms with Crippen molar-refractivity contribution in [3.05, 3.63) is 29.8 Å². The number of hydrogen-bond acceptors (Lipinski definition) is 3. The zero-order valence-corrected chi connectivity index (χ0v) is 10.8. The van der Waals surface area contributed by atoms with Gasteiger partial charge in [0, 0.05) is 18.7 Å². The minimum Gasteiger partial charge on any atom is -0.325 e. The second-order valence-electron chi connectivity index (χ2n) is 4.44. The molecule has 0 saturated heterocycles. The van der Waals surface area contributed by atoms with Gasteiger partial charge in [0.05, 0.1) is 6.04 Å². The number of benzene rings is 1. The summed E-state index contributed by atoms with van der Waals surface area (Å²) in [4.78, 5) is 13.7. The Morgan fingerprint density at radius 1 is 1.44 bits per heavy atom. The van der Waals surface area contributed by atoms with Crippen LogP contribution in [0.2, 0.25) is 0 Å². The first-order chi connectivity index (χ1) is 8.52. The highest BCUT2D eigenvalue weighted by Gasteiger charge is 2.11. The van der Waals surface area contributed by atoms with Crippen molar-refractivity contribution in [2.75, 3.05) is 19.4 Å². The summed E-state index contributed by atoms with van der Waals surface area (Å²) in [6, 6.07) is 7.01. The molecule has 1 amide bonds. The summed E-state index contributed by atoms with van der Waals surface area (Å²) in [5.74, 6) is 2.12. The Labute approximate surface area is 108 Å². The van der Waals surface area contributed by atoms with E-state index in [-0.39, 0.29) is 12.3 Å². The molecule has 4 heteroatoms. The normalized spacial score (nSPS) is 11.9. The number of nitrogens with zero attached hydrogens (tertiary/aromatic N) is 1. The minimum absolute atomic E-state index is 0.241. The predicted molar refractivity (Wildman–Crippen MR) is 73.9 cm³/mol. The lowest BCUT2D eigenvalue weighted by Crippen LogP contribution is -2.35. The number of nitrogens with one attached hydrogen (secondary N) is 1. The molecule has 18 heavy (non-hydrogen) atoms. The quantitative estimate of drug-likeness (QED) is 0.762. The Morgan fingerprint density at radius 3 is 2.56 bits per heavy atom. The third-order valence-electron chi connectivity index (χ3n) is 2.39. The van der Waals surface area contributed by atoms with Crippen molar-refractivity contribution in [3.63, 3.8) is 0 Å². The van der Waals surface area contributed by atoms with Crippen molar-refractivity contribution in [2.45, 2.75) is 19.0 Å². The van der Waals surface area contributed by atoms with Crippen molar-refractivity contribution in [3.8, 4) is 12.3 Å². The minimum atomic E-state index is -0.656. The average Bonchev–Trinajstić information content (AvgIpc) is 2.31. The predicted octanol–water partition coefficient (Wildman–Crippen LogP) is 1.04. The van der Waals surface area contributed by atoms with Crippen LogP contribution in [-0.2, 0) is 11.3 Å². The van der Waals surface area contributed by atoms with Crippen LogP contribution in [0.1, 0.15) is 12.0 Å². The molecule has 3 N–H and O–H groups in total. The molecule has 0 aromatic heterocycles. The molecule has 1 unspecified atom stereocenters. The number of carbonyl (C=O) groups excluding carboxylic acids is 1. The molecule has 0 aliphatic heterocycles. The number of anilines is 1. The number of rotatable bonds is 5. The number of hydrogen-bond donors (Lipinski definition) is 2. The molecule has 4 nitrogen and oxygen atoms in total. The Hall–Kier alpha value is -1.83. The van der Waals surface area contributed by atoms with Crippen LogP contribution < -0.4 is 11.1 Å². The van der Waals surface area contributed by atoms with E-state index in [1.807, 2.05) is 38.4 Å². The van der Waals surface area contributed by atoms with Gasteiger partial charge in [0.2, 0.25) is 5.91 Å². The number of amides is 1. The summed E-state index contributed by atoms with van der Waals surface area (Å²) in [6.07, 6.45) is 5.35. The molecule has 0 fully saturated rings. The highest BCUT2D eigenvalue weighted by Crippen LogP contribution is 2.11. The zero-order chi connectivity index (χ0) is 13.5. The van der Waals surface area contributed by atoms with Crippen molar-refractivity contribution < 1.29 is 4.79 Å². The third kappa shape index (κ3) is 4.58. The van der Waals surface area contributed by atoms with Gasteiger partial charge in [-0.05, 0) is 31.8 Å². The molecule has 1 aromatic rings. The van der Waals surface area contributed by atoms with E-state index >= 15 is 0 Å². The van der Waals surface area contributed by atoms with E-state index in [0.29, 0.717) is 0 Å². The van der Waals surface area contributed by atoms with E-state index in [1.54, 1.807) is 0 Å². The Bertz CT molecular complexity index is 431. The monoisotopic (exact) mass is 245 g/mol. The number of nitrogens with two attached hydrogens (primary N) is 1. The molecule has 0 bridgehead atoms. The SMILES string of the molecule is C#CCC(N)C(=O)Nc1ccc(CN(C)C)cc1. The summed E-state index contributed by atoms with van der Waals surface area (Å²) >= 11 is 0. The van der Waals surface area contributed by atoms with Crippen molar-refractivity contribution in [1.29, 1.82) is 0 Å². The second-order valence-corrected chi connectivity index (χ2v) is 4.44. The fourth-order valence-corrected chi connectivity index (χ4v) is 1.51. The molecule has 1 atom stereocenters. The molecular weight excluding hydrogens is 226 g/mol. The van der Waals surface area contributed by atoms with Crippen LogP contribution in [0.25, 0.3) is 0 Å². The maximum Gasteiger partial charge on any atom is 0.242 e. The van der Waals surface area contributed by atoms with Crippen LogP contribution in [-0.4, -0.2) is 30.9 Å². The largest absolute Gasteiger partial charge is 0.325 e. The molecule has 0 spiro atoms. The summed E-state index contributed by atoms with van der Waals surface area (Å²) in [6.45, 7) is 0.866. The van der Waals surface area contributed by atoms with E-state index in [4.69, 9.17) is 12.2 Å². The van der Waals surface area contributed by atoms with E-state index < -0.39 is 6.04 Å². The van der Waals surface area contributed by atoms with Gasteiger partial charge < -0.3 is 16.0 Å². The maximum atomic E-state index is 11.6.